The minimum absolute atomic E-state index is 0.201. The second kappa shape index (κ2) is 6.48. The number of carbonyl (C=O) groups excluding carboxylic acids is 1. The number of hydrogen-bond donors (Lipinski definition) is 1. The van der Waals surface area contributed by atoms with Crippen LogP contribution in [0.5, 0.6) is 0 Å². The maximum absolute atomic E-state index is 12.1. The van der Waals surface area contributed by atoms with Crippen molar-refractivity contribution in [1.82, 2.24) is 0 Å². The maximum Gasteiger partial charge on any atom is 0.291 e. The van der Waals surface area contributed by atoms with Crippen LogP contribution in [-0.2, 0) is 12.2 Å². The van der Waals surface area contributed by atoms with Gasteiger partial charge in [-0.2, -0.15) is 11.8 Å². The summed E-state index contributed by atoms with van der Waals surface area (Å²) < 4.78 is 5.50. The van der Waals surface area contributed by atoms with E-state index in [9.17, 15) is 4.79 Å². The van der Waals surface area contributed by atoms with Crippen LogP contribution in [0.2, 0.25) is 0 Å². The van der Waals surface area contributed by atoms with Gasteiger partial charge >= 0.3 is 0 Å². The first-order valence-electron chi connectivity index (χ1n) is 6.21. The zero-order valence-corrected chi connectivity index (χ0v) is 11.9. The van der Waals surface area contributed by atoms with E-state index in [-0.39, 0.29) is 5.91 Å². The first-order chi connectivity index (χ1) is 9.24. The van der Waals surface area contributed by atoms with Gasteiger partial charge < -0.3 is 9.73 Å². The van der Waals surface area contributed by atoms with Gasteiger partial charge in [-0.3, -0.25) is 4.79 Å². The van der Waals surface area contributed by atoms with Gasteiger partial charge in [-0.05, 0) is 36.4 Å². The van der Waals surface area contributed by atoms with Crippen molar-refractivity contribution < 1.29 is 9.21 Å². The van der Waals surface area contributed by atoms with Crippen molar-refractivity contribution in [2.45, 2.75) is 19.1 Å². The van der Waals surface area contributed by atoms with E-state index < -0.39 is 0 Å². The molecule has 0 bridgehead atoms. The third kappa shape index (κ3) is 3.41. The molecule has 0 saturated carbocycles. The van der Waals surface area contributed by atoms with E-state index in [4.69, 9.17) is 4.42 Å². The molecule has 1 aromatic heterocycles. The number of hydrogen-bond acceptors (Lipinski definition) is 3. The van der Waals surface area contributed by atoms with Crippen LogP contribution in [0.3, 0.4) is 0 Å². The number of anilines is 1. The number of thioether (sulfide) groups is 1. The summed E-state index contributed by atoms with van der Waals surface area (Å²) in [5.41, 5.74) is 1.96. The number of benzene rings is 1. The van der Waals surface area contributed by atoms with Gasteiger partial charge in [0.2, 0.25) is 0 Å². The van der Waals surface area contributed by atoms with Crippen LogP contribution in [0.4, 0.5) is 5.69 Å². The van der Waals surface area contributed by atoms with E-state index in [1.165, 1.54) is 0 Å². The molecule has 0 aliphatic carbocycles. The fourth-order valence-electron chi connectivity index (χ4n) is 1.85. The van der Waals surface area contributed by atoms with E-state index in [2.05, 4.69) is 12.2 Å². The molecule has 0 radical (unpaired) electrons. The first-order valence-corrected chi connectivity index (χ1v) is 7.61. The molecule has 0 fully saturated rings. The molecule has 100 valence electrons. The highest BCUT2D eigenvalue weighted by molar-refractivity contribution is 7.97. The Morgan fingerprint density at radius 1 is 1.26 bits per heavy atom. The molecule has 0 spiro atoms. The number of nitrogens with one attached hydrogen (secondary N) is 1. The van der Waals surface area contributed by atoms with E-state index >= 15 is 0 Å². The Hall–Kier alpha value is -1.68. The Balaban J connectivity index is 2.11. The van der Waals surface area contributed by atoms with Crippen molar-refractivity contribution in [3.05, 3.63) is 53.5 Å². The summed E-state index contributed by atoms with van der Waals surface area (Å²) in [6.45, 7) is 2.06. The Morgan fingerprint density at radius 2 is 2.05 bits per heavy atom. The third-order valence-corrected chi connectivity index (χ3v) is 3.39. The Bertz CT molecular complexity index is 563. The van der Waals surface area contributed by atoms with Crippen LogP contribution in [0.25, 0.3) is 0 Å². The highest BCUT2D eigenvalue weighted by Gasteiger charge is 2.12. The molecular weight excluding hydrogens is 258 g/mol. The highest BCUT2D eigenvalue weighted by atomic mass is 32.2. The van der Waals surface area contributed by atoms with Gasteiger partial charge in [0, 0.05) is 5.69 Å². The molecule has 1 amide bonds. The Labute approximate surface area is 117 Å². The van der Waals surface area contributed by atoms with E-state index in [1.807, 2.05) is 36.6 Å². The molecule has 3 nitrogen and oxygen atoms in total. The summed E-state index contributed by atoms with van der Waals surface area (Å²) in [6.07, 6.45) is 2.88. The van der Waals surface area contributed by atoms with Crippen LogP contribution in [0, 0.1) is 0 Å². The van der Waals surface area contributed by atoms with Gasteiger partial charge in [0.05, 0.1) is 5.75 Å². The topological polar surface area (TPSA) is 42.2 Å². The third-order valence-electron chi connectivity index (χ3n) is 2.82. The monoisotopic (exact) mass is 275 g/mol. The fourth-order valence-corrected chi connectivity index (χ4v) is 2.29. The molecule has 2 aromatic rings. The molecular formula is C15H17NO2S. The molecule has 0 atom stereocenters. The van der Waals surface area contributed by atoms with E-state index in [0.29, 0.717) is 5.76 Å². The molecule has 1 N–H and O–H groups in total. The lowest BCUT2D eigenvalue weighted by molar-refractivity contribution is 0.0995. The van der Waals surface area contributed by atoms with Gasteiger partial charge in [-0.15, -0.1) is 0 Å². The highest BCUT2D eigenvalue weighted by Crippen LogP contribution is 2.18. The van der Waals surface area contributed by atoms with Crippen molar-refractivity contribution in [3.8, 4) is 0 Å². The lowest BCUT2D eigenvalue weighted by Gasteiger charge is -2.08. The van der Waals surface area contributed by atoms with Crippen LogP contribution < -0.4 is 5.32 Å². The number of amides is 1. The standard InChI is InChI=1S/C15H17NO2S/c1-3-11-6-4-5-7-13(11)16-15(17)14-9-8-12(18-14)10-19-2/h4-9H,3,10H2,1-2H3,(H,16,17). The summed E-state index contributed by atoms with van der Waals surface area (Å²) in [7, 11) is 0. The predicted octanol–water partition coefficient (Wildman–Crippen LogP) is 3.96. The average Bonchev–Trinajstić information content (AvgIpc) is 2.88. The van der Waals surface area contributed by atoms with Crippen molar-refractivity contribution >= 4 is 23.4 Å². The second-order valence-corrected chi connectivity index (χ2v) is 5.03. The number of furan rings is 1. The van der Waals surface area contributed by atoms with Gasteiger partial charge in [0.1, 0.15) is 5.76 Å². The van der Waals surface area contributed by atoms with Gasteiger partial charge in [0.15, 0.2) is 5.76 Å². The minimum Gasteiger partial charge on any atom is -0.455 e. The van der Waals surface area contributed by atoms with Crippen LogP contribution >= 0.6 is 11.8 Å². The van der Waals surface area contributed by atoms with Gasteiger partial charge in [-0.1, -0.05) is 25.1 Å². The summed E-state index contributed by atoms with van der Waals surface area (Å²) in [6, 6.07) is 11.4. The van der Waals surface area contributed by atoms with Gasteiger partial charge in [0.25, 0.3) is 5.91 Å². The number of rotatable bonds is 5. The molecule has 2 rings (SSSR count). The molecule has 0 saturated heterocycles. The molecule has 0 aliphatic rings. The number of carbonyl (C=O) groups is 1. The van der Waals surface area contributed by atoms with Crippen LogP contribution in [0.15, 0.2) is 40.8 Å². The minimum atomic E-state index is -0.201. The molecule has 0 unspecified atom stereocenters. The molecule has 1 aromatic carbocycles. The second-order valence-electron chi connectivity index (χ2n) is 4.16. The summed E-state index contributed by atoms with van der Waals surface area (Å²) in [5, 5.41) is 2.89. The maximum atomic E-state index is 12.1. The quantitative estimate of drug-likeness (QED) is 0.898. The summed E-state index contributed by atoms with van der Waals surface area (Å²) in [5.74, 6) is 1.75. The van der Waals surface area contributed by atoms with E-state index in [0.717, 1.165) is 29.2 Å². The predicted molar refractivity (Wildman–Crippen MR) is 79.7 cm³/mol. The molecule has 4 heteroatoms. The first kappa shape index (κ1) is 13.7. The smallest absolute Gasteiger partial charge is 0.291 e. The molecule has 19 heavy (non-hydrogen) atoms. The van der Waals surface area contributed by atoms with Crippen LogP contribution in [0.1, 0.15) is 28.8 Å². The SMILES string of the molecule is CCc1ccccc1NC(=O)c1ccc(CSC)o1. The van der Waals surface area contributed by atoms with Gasteiger partial charge in [-0.25, -0.2) is 0 Å². The lowest BCUT2D eigenvalue weighted by Crippen LogP contribution is -2.12. The fraction of sp³-hybridized carbons (Fsp3) is 0.267. The van der Waals surface area contributed by atoms with Crippen molar-refractivity contribution in [3.63, 3.8) is 0 Å². The largest absolute Gasteiger partial charge is 0.455 e. The normalized spacial score (nSPS) is 10.4. The Morgan fingerprint density at radius 3 is 2.79 bits per heavy atom. The summed E-state index contributed by atoms with van der Waals surface area (Å²) >= 11 is 1.66. The average molecular weight is 275 g/mol. The zero-order valence-electron chi connectivity index (χ0n) is 11.1. The molecule has 0 aliphatic heterocycles. The molecule has 1 heterocycles. The Kier molecular flexibility index (Phi) is 4.68. The summed E-state index contributed by atoms with van der Waals surface area (Å²) in [4.78, 5) is 12.1. The van der Waals surface area contributed by atoms with E-state index in [1.54, 1.807) is 17.8 Å². The van der Waals surface area contributed by atoms with Crippen molar-refractivity contribution in [2.24, 2.45) is 0 Å². The van der Waals surface area contributed by atoms with Crippen LogP contribution in [-0.4, -0.2) is 12.2 Å². The lowest BCUT2D eigenvalue weighted by atomic mass is 10.1. The zero-order chi connectivity index (χ0) is 13.7. The number of para-hydroxylation sites is 1. The van der Waals surface area contributed by atoms with Crippen molar-refractivity contribution in [2.75, 3.05) is 11.6 Å². The van der Waals surface area contributed by atoms with Crippen molar-refractivity contribution in [1.29, 1.82) is 0 Å². The number of aryl methyl sites for hydroxylation is 1.